The number of phenolic OH excluding ortho intramolecular Hbond substituents is 1. The number of fused-ring (bicyclic) bond motifs is 3. The summed E-state index contributed by atoms with van der Waals surface area (Å²) >= 11 is 0. The van der Waals surface area contributed by atoms with Crippen molar-refractivity contribution in [2.45, 2.75) is 46.0 Å². The molecule has 6 nitrogen and oxygen atoms in total. The predicted octanol–water partition coefficient (Wildman–Crippen LogP) is 3.54. The van der Waals surface area contributed by atoms with Gasteiger partial charge >= 0.3 is 0 Å². The van der Waals surface area contributed by atoms with Crippen LogP contribution in [0.3, 0.4) is 0 Å². The number of hydrogen-bond acceptors (Lipinski definition) is 5. The van der Waals surface area contributed by atoms with Gasteiger partial charge in [-0.05, 0) is 50.7 Å². The lowest BCUT2D eigenvalue weighted by Crippen LogP contribution is -2.39. The van der Waals surface area contributed by atoms with Crippen molar-refractivity contribution in [2.24, 2.45) is 17.8 Å². The Morgan fingerprint density at radius 3 is 2.55 bits per heavy atom. The second kappa shape index (κ2) is 7.65. The first-order chi connectivity index (χ1) is 15.8. The number of aryl methyl sites for hydroxylation is 1. The molecule has 0 aromatic heterocycles. The number of hydrogen-bond donors (Lipinski definition) is 1. The lowest BCUT2D eigenvalue weighted by molar-refractivity contribution is -0.140. The van der Waals surface area contributed by atoms with Crippen LogP contribution in [0.4, 0.5) is 0 Å². The zero-order valence-electron chi connectivity index (χ0n) is 19.1. The highest BCUT2D eigenvalue weighted by Gasteiger charge is 2.56. The summed E-state index contributed by atoms with van der Waals surface area (Å²) in [5.41, 5.74) is 3.30. The maximum atomic E-state index is 13.4. The molecular weight excluding hydrogens is 418 g/mol. The van der Waals surface area contributed by atoms with Gasteiger partial charge in [0, 0.05) is 34.7 Å². The van der Waals surface area contributed by atoms with Crippen LogP contribution in [0.2, 0.25) is 0 Å². The summed E-state index contributed by atoms with van der Waals surface area (Å²) in [4.78, 5) is 54.1. The van der Waals surface area contributed by atoms with Crippen LogP contribution >= 0.6 is 0 Å². The van der Waals surface area contributed by atoms with Crippen LogP contribution < -0.4 is 0 Å². The maximum absolute atomic E-state index is 13.4. The predicted molar refractivity (Wildman–Crippen MR) is 121 cm³/mol. The van der Waals surface area contributed by atoms with E-state index in [0.717, 1.165) is 5.57 Å². The van der Waals surface area contributed by atoms with E-state index in [-0.39, 0.29) is 41.5 Å². The zero-order valence-corrected chi connectivity index (χ0v) is 19.1. The number of allylic oxidation sites excluding steroid dienone is 6. The summed E-state index contributed by atoms with van der Waals surface area (Å²) in [5, 5.41) is 11.0. The molecule has 1 fully saturated rings. The Labute approximate surface area is 192 Å². The van der Waals surface area contributed by atoms with Gasteiger partial charge in [-0.1, -0.05) is 36.8 Å². The summed E-state index contributed by atoms with van der Waals surface area (Å²) in [6.45, 7) is 5.75. The molecule has 4 atom stereocenters. The lowest BCUT2D eigenvalue weighted by atomic mass is 9.59. The van der Waals surface area contributed by atoms with Crippen molar-refractivity contribution in [1.29, 1.82) is 0 Å². The van der Waals surface area contributed by atoms with Gasteiger partial charge in [0.25, 0.3) is 0 Å². The Kier molecular flexibility index (Phi) is 5.00. The molecule has 2 amide bonds. The van der Waals surface area contributed by atoms with E-state index < -0.39 is 17.8 Å². The van der Waals surface area contributed by atoms with E-state index in [1.165, 1.54) is 11.0 Å². The Bertz CT molecular complexity index is 1220. The summed E-state index contributed by atoms with van der Waals surface area (Å²) < 4.78 is 0. The van der Waals surface area contributed by atoms with Gasteiger partial charge in [0.05, 0.1) is 11.8 Å². The monoisotopic (exact) mass is 445 g/mol. The van der Waals surface area contributed by atoms with Crippen molar-refractivity contribution < 1.29 is 24.3 Å². The van der Waals surface area contributed by atoms with Crippen molar-refractivity contribution >= 4 is 23.4 Å². The SMILES string of the molecule is CCCN1C(=O)[C@H]2[C@H](CC=C3[C@H](c4cccc(C)c4O)C4=C(C[C@H]32)C(=O)C=C(C)C4=O)C1=O. The Morgan fingerprint density at radius 1 is 1.06 bits per heavy atom. The number of para-hydroxylation sites is 1. The van der Waals surface area contributed by atoms with Gasteiger partial charge in [0.2, 0.25) is 11.8 Å². The number of likely N-dealkylation sites (tertiary alicyclic amines) is 1. The molecule has 6 heteroatoms. The van der Waals surface area contributed by atoms with Crippen LogP contribution in [0.25, 0.3) is 0 Å². The fourth-order valence-corrected chi connectivity index (χ4v) is 6.14. The van der Waals surface area contributed by atoms with Gasteiger partial charge < -0.3 is 5.11 Å². The minimum absolute atomic E-state index is 0.0897. The van der Waals surface area contributed by atoms with E-state index in [1.807, 2.05) is 19.1 Å². The number of phenols is 1. The molecule has 4 aliphatic rings. The third-order valence-electron chi connectivity index (χ3n) is 7.68. The quantitative estimate of drug-likeness (QED) is 0.437. The summed E-state index contributed by atoms with van der Waals surface area (Å²) in [5.74, 6) is -2.58. The molecule has 1 aliphatic heterocycles. The molecule has 1 aromatic rings. The Morgan fingerprint density at radius 2 is 1.82 bits per heavy atom. The maximum Gasteiger partial charge on any atom is 0.233 e. The molecule has 0 saturated carbocycles. The molecule has 33 heavy (non-hydrogen) atoms. The Hall–Kier alpha value is -3.28. The first kappa shape index (κ1) is 21.6. The highest BCUT2D eigenvalue weighted by atomic mass is 16.3. The number of benzene rings is 1. The van der Waals surface area contributed by atoms with Crippen molar-refractivity contribution in [3.8, 4) is 5.75 Å². The van der Waals surface area contributed by atoms with Crippen molar-refractivity contribution in [3.05, 3.63) is 63.8 Å². The number of carbonyl (C=O) groups excluding carboxylic acids is 4. The van der Waals surface area contributed by atoms with E-state index in [9.17, 15) is 24.3 Å². The summed E-state index contributed by atoms with van der Waals surface area (Å²) in [7, 11) is 0. The van der Waals surface area contributed by atoms with Gasteiger partial charge in [-0.2, -0.15) is 0 Å². The van der Waals surface area contributed by atoms with Gasteiger partial charge in [0.1, 0.15) is 5.75 Å². The number of rotatable bonds is 3. The molecule has 0 unspecified atom stereocenters. The van der Waals surface area contributed by atoms with Crippen LogP contribution in [0.5, 0.6) is 5.75 Å². The molecule has 0 spiro atoms. The zero-order chi connectivity index (χ0) is 23.6. The van der Waals surface area contributed by atoms with Gasteiger partial charge in [-0.3, -0.25) is 24.1 Å². The fourth-order valence-electron chi connectivity index (χ4n) is 6.14. The standard InChI is InChI=1S/C27H27NO5/c1-4-10-28-26(32)17-9-8-15-18(22(17)27(28)33)12-19-20(29)11-14(3)25(31)23(19)21(15)16-7-5-6-13(2)24(16)30/h5-8,11,17-18,21-22,30H,4,9-10,12H2,1-3H3/t17-,18+,21+,22-/m0/s1. The molecule has 1 heterocycles. The van der Waals surface area contributed by atoms with Gasteiger partial charge in [-0.15, -0.1) is 0 Å². The molecule has 3 aliphatic carbocycles. The van der Waals surface area contributed by atoms with Crippen LogP contribution in [-0.2, 0) is 19.2 Å². The number of nitrogens with zero attached hydrogens (tertiary/aromatic N) is 1. The number of Topliss-reactive ketones (excluding diaryl/α,β-unsaturated/α-hetero) is 1. The summed E-state index contributed by atoms with van der Waals surface area (Å²) in [6, 6.07) is 5.40. The van der Waals surface area contributed by atoms with E-state index >= 15 is 0 Å². The molecule has 1 N–H and O–H groups in total. The number of ketones is 2. The average Bonchev–Trinajstić information content (AvgIpc) is 3.03. The van der Waals surface area contributed by atoms with E-state index in [0.29, 0.717) is 47.2 Å². The van der Waals surface area contributed by atoms with Gasteiger partial charge in [0.15, 0.2) is 11.6 Å². The first-order valence-corrected chi connectivity index (χ1v) is 11.6. The minimum Gasteiger partial charge on any atom is -0.507 e. The average molecular weight is 446 g/mol. The van der Waals surface area contributed by atoms with Crippen LogP contribution in [0, 0.1) is 24.7 Å². The molecular formula is C27H27NO5. The van der Waals surface area contributed by atoms with Crippen molar-refractivity contribution in [2.75, 3.05) is 6.54 Å². The molecule has 1 aromatic carbocycles. The third kappa shape index (κ3) is 3.00. The van der Waals surface area contributed by atoms with Gasteiger partial charge in [-0.25, -0.2) is 0 Å². The first-order valence-electron chi connectivity index (χ1n) is 11.6. The van der Waals surface area contributed by atoms with Crippen molar-refractivity contribution in [3.63, 3.8) is 0 Å². The fraction of sp³-hybridized carbons (Fsp3) is 0.407. The van der Waals surface area contributed by atoms with E-state index in [1.54, 1.807) is 26.0 Å². The highest BCUT2D eigenvalue weighted by molar-refractivity contribution is 6.24. The highest BCUT2D eigenvalue weighted by Crippen LogP contribution is 2.56. The van der Waals surface area contributed by atoms with Crippen molar-refractivity contribution in [1.82, 2.24) is 4.90 Å². The largest absolute Gasteiger partial charge is 0.507 e. The molecule has 5 rings (SSSR count). The van der Waals surface area contributed by atoms with Crippen LogP contribution in [0.15, 0.2) is 52.6 Å². The second-order valence-corrected chi connectivity index (χ2v) is 9.57. The number of aromatic hydroxyl groups is 1. The van der Waals surface area contributed by atoms with E-state index in [4.69, 9.17) is 0 Å². The van der Waals surface area contributed by atoms with Crippen LogP contribution in [-0.4, -0.2) is 39.9 Å². The number of imide groups is 1. The molecule has 0 radical (unpaired) electrons. The summed E-state index contributed by atoms with van der Waals surface area (Å²) in [6.07, 6.45) is 4.72. The minimum atomic E-state index is -0.608. The number of amides is 2. The second-order valence-electron chi connectivity index (χ2n) is 9.57. The topological polar surface area (TPSA) is 91.8 Å². The molecule has 170 valence electrons. The smallest absolute Gasteiger partial charge is 0.233 e. The molecule has 0 bridgehead atoms. The van der Waals surface area contributed by atoms with Crippen LogP contribution in [0.1, 0.15) is 50.2 Å². The normalized spacial score (nSPS) is 29.0. The third-order valence-corrected chi connectivity index (χ3v) is 7.68. The Balaban J connectivity index is 1.70. The lowest BCUT2D eigenvalue weighted by Gasteiger charge is -2.42. The van der Waals surface area contributed by atoms with E-state index in [2.05, 4.69) is 0 Å². The molecule has 1 saturated heterocycles. The number of carbonyl (C=O) groups is 4.